The fourth-order valence-electron chi connectivity index (χ4n) is 0.992. The Hall–Kier alpha value is -0.630. The van der Waals surface area contributed by atoms with E-state index in [9.17, 15) is 13.6 Å². The van der Waals surface area contributed by atoms with Crippen LogP contribution in [0.15, 0.2) is 6.20 Å². The summed E-state index contributed by atoms with van der Waals surface area (Å²) >= 11 is 1.79. The number of alkyl halides is 2. The van der Waals surface area contributed by atoms with Gasteiger partial charge >= 0.3 is 0 Å². The topological polar surface area (TPSA) is 56.0 Å². The summed E-state index contributed by atoms with van der Waals surface area (Å²) < 4.78 is 25.2. The van der Waals surface area contributed by atoms with Gasteiger partial charge in [0.25, 0.3) is 6.43 Å². The van der Waals surface area contributed by atoms with Crippen molar-refractivity contribution >= 4 is 28.9 Å². The molecule has 1 rings (SSSR count). The third-order valence-corrected chi connectivity index (χ3v) is 2.91. The van der Waals surface area contributed by atoms with E-state index < -0.39 is 6.43 Å². The number of pyridine rings is 1. The van der Waals surface area contributed by atoms with Crippen LogP contribution in [0.3, 0.4) is 0 Å². The smallest absolute Gasteiger partial charge is 0.266 e. The van der Waals surface area contributed by atoms with Gasteiger partial charge in [-0.15, -0.1) is 0 Å². The quantitative estimate of drug-likeness (QED) is 0.685. The van der Waals surface area contributed by atoms with Gasteiger partial charge < -0.3 is 5.73 Å². The maximum Gasteiger partial charge on any atom is 0.266 e. The highest BCUT2D eigenvalue weighted by atomic mass is 127. The third kappa shape index (κ3) is 2.06. The molecule has 0 fully saturated rings. The molecule has 0 amide bonds. The van der Waals surface area contributed by atoms with Crippen LogP contribution in [-0.4, -0.2) is 11.3 Å². The zero-order valence-electron chi connectivity index (χ0n) is 7.01. The van der Waals surface area contributed by atoms with Crippen molar-refractivity contribution in [2.75, 3.05) is 0 Å². The van der Waals surface area contributed by atoms with Crippen molar-refractivity contribution in [2.24, 2.45) is 5.73 Å². The number of hydrogen-bond acceptors (Lipinski definition) is 3. The second-order valence-corrected chi connectivity index (χ2v) is 3.59. The fourth-order valence-corrected chi connectivity index (χ4v) is 1.79. The van der Waals surface area contributed by atoms with E-state index in [0.29, 0.717) is 15.6 Å². The van der Waals surface area contributed by atoms with E-state index in [4.69, 9.17) is 5.73 Å². The van der Waals surface area contributed by atoms with Crippen molar-refractivity contribution in [3.05, 3.63) is 26.6 Å². The van der Waals surface area contributed by atoms with Crippen LogP contribution in [0.2, 0.25) is 0 Å². The molecule has 3 nitrogen and oxygen atoms in total. The normalized spacial score (nSPS) is 10.6. The number of rotatable bonds is 3. The minimum absolute atomic E-state index is 0.0175. The number of nitrogens with zero attached hydrogens (tertiary/aromatic N) is 1. The number of carbonyl (C=O) groups is 1. The Bertz CT molecular complexity index is 357. The molecule has 0 saturated carbocycles. The zero-order chi connectivity index (χ0) is 10.7. The molecule has 0 radical (unpaired) electrons. The lowest BCUT2D eigenvalue weighted by Gasteiger charge is -2.08. The van der Waals surface area contributed by atoms with Crippen molar-refractivity contribution in [3.63, 3.8) is 0 Å². The predicted octanol–water partition coefficient (Wildman–Crippen LogP) is 1.90. The SMILES string of the molecule is NCc1ncc(C(F)F)c(C=O)c1I. The first kappa shape index (κ1) is 11.4. The maximum atomic E-state index is 12.4. The van der Waals surface area contributed by atoms with Gasteiger partial charge in [-0.3, -0.25) is 9.78 Å². The number of aldehydes is 1. The number of aromatic nitrogens is 1. The van der Waals surface area contributed by atoms with E-state index >= 15 is 0 Å². The molecule has 76 valence electrons. The number of nitrogens with two attached hydrogens (primary N) is 1. The van der Waals surface area contributed by atoms with Gasteiger partial charge in [0.15, 0.2) is 6.29 Å². The summed E-state index contributed by atoms with van der Waals surface area (Å²) in [6.45, 7) is 0.128. The Balaban J connectivity index is 3.35. The lowest BCUT2D eigenvalue weighted by atomic mass is 10.1. The van der Waals surface area contributed by atoms with Gasteiger partial charge in [-0.05, 0) is 22.6 Å². The van der Waals surface area contributed by atoms with Crippen LogP contribution in [0, 0.1) is 3.57 Å². The van der Waals surface area contributed by atoms with Crippen LogP contribution in [0.4, 0.5) is 8.78 Å². The number of halogens is 3. The Morgan fingerprint density at radius 2 is 2.29 bits per heavy atom. The Labute approximate surface area is 92.8 Å². The lowest BCUT2D eigenvalue weighted by Crippen LogP contribution is -2.08. The van der Waals surface area contributed by atoms with Gasteiger partial charge in [0.1, 0.15) is 0 Å². The molecule has 0 saturated heterocycles. The molecular formula is C8H7F2IN2O. The molecule has 0 spiro atoms. The summed E-state index contributed by atoms with van der Waals surface area (Å²) in [4.78, 5) is 14.4. The molecule has 0 atom stereocenters. The van der Waals surface area contributed by atoms with Crippen LogP contribution in [-0.2, 0) is 6.54 Å². The molecule has 0 aliphatic carbocycles. The monoisotopic (exact) mass is 312 g/mol. The summed E-state index contributed by atoms with van der Waals surface area (Å²) in [5.41, 5.74) is 5.42. The van der Waals surface area contributed by atoms with E-state index in [1.807, 2.05) is 0 Å². The van der Waals surface area contributed by atoms with Crippen molar-refractivity contribution in [3.8, 4) is 0 Å². The van der Waals surface area contributed by atoms with Crippen LogP contribution in [0.25, 0.3) is 0 Å². The molecule has 2 N–H and O–H groups in total. The molecule has 1 aromatic rings. The Morgan fingerprint density at radius 1 is 1.64 bits per heavy atom. The molecule has 14 heavy (non-hydrogen) atoms. The summed E-state index contributed by atoms with van der Waals surface area (Å²) in [6.07, 6.45) is -1.29. The molecule has 0 aromatic carbocycles. The van der Waals surface area contributed by atoms with Gasteiger partial charge in [-0.25, -0.2) is 8.78 Å². The van der Waals surface area contributed by atoms with Gasteiger partial charge in [0, 0.05) is 27.4 Å². The second kappa shape index (κ2) is 4.74. The Kier molecular flexibility index (Phi) is 3.87. The van der Waals surface area contributed by atoms with Gasteiger partial charge in [0.2, 0.25) is 0 Å². The largest absolute Gasteiger partial charge is 0.325 e. The van der Waals surface area contributed by atoms with E-state index in [0.717, 1.165) is 6.20 Å². The molecule has 6 heteroatoms. The summed E-state index contributed by atoms with van der Waals surface area (Å²) in [7, 11) is 0. The van der Waals surface area contributed by atoms with Crippen molar-refractivity contribution in [1.82, 2.24) is 4.98 Å². The number of hydrogen-bond donors (Lipinski definition) is 1. The summed E-state index contributed by atoms with van der Waals surface area (Å²) in [5.74, 6) is 0. The summed E-state index contributed by atoms with van der Waals surface area (Å²) in [5, 5.41) is 0. The van der Waals surface area contributed by atoms with Crippen molar-refractivity contribution in [2.45, 2.75) is 13.0 Å². The van der Waals surface area contributed by atoms with Crippen LogP contribution >= 0.6 is 22.6 Å². The van der Waals surface area contributed by atoms with E-state index in [2.05, 4.69) is 4.98 Å². The van der Waals surface area contributed by atoms with Crippen molar-refractivity contribution in [1.29, 1.82) is 0 Å². The molecule has 1 aromatic heterocycles. The minimum atomic E-state index is -2.69. The molecule has 0 aliphatic rings. The van der Waals surface area contributed by atoms with Crippen LogP contribution in [0.1, 0.15) is 28.0 Å². The van der Waals surface area contributed by atoms with E-state index in [-0.39, 0.29) is 17.7 Å². The highest BCUT2D eigenvalue weighted by Gasteiger charge is 2.17. The first-order chi connectivity index (χ1) is 6.61. The first-order valence-electron chi connectivity index (χ1n) is 3.72. The minimum Gasteiger partial charge on any atom is -0.325 e. The average molecular weight is 312 g/mol. The van der Waals surface area contributed by atoms with Crippen LogP contribution < -0.4 is 5.73 Å². The number of carbonyl (C=O) groups excluding carboxylic acids is 1. The average Bonchev–Trinajstić information content (AvgIpc) is 2.17. The highest BCUT2D eigenvalue weighted by molar-refractivity contribution is 14.1. The van der Waals surface area contributed by atoms with Crippen molar-refractivity contribution < 1.29 is 13.6 Å². The zero-order valence-corrected chi connectivity index (χ0v) is 9.16. The predicted molar refractivity (Wildman–Crippen MR) is 55.2 cm³/mol. The molecule has 0 unspecified atom stereocenters. The first-order valence-corrected chi connectivity index (χ1v) is 4.80. The maximum absolute atomic E-state index is 12.4. The molecule has 0 aliphatic heterocycles. The van der Waals surface area contributed by atoms with Crippen LogP contribution in [0.5, 0.6) is 0 Å². The standard InChI is InChI=1S/C8H7F2IN2O/c9-8(10)4-2-13-6(1-12)7(11)5(4)3-14/h2-3,8H,1,12H2. The second-order valence-electron chi connectivity index (χ2n) is 2.51. The Morgan fingerprint density at radius 3 is 2.71 bits per heavy atom. The summed E-state index contributed by atoms with van der Waals surface area (Å²) in [6, 6.07) is 0. The van der Waals surface area contributed by atoms with E-state index in [1.165, 1.54) is 0 Å². The molecular weight excluding hydrogens is 305 g/mol. The third-order valence-electron chi connectivity index (χ3n) is 1.71. The van der Waals surface area contributed by atoms with E-state index in [1.54, 1.807) is 22.6 Å². The van der Waals surface area contributed by atoms with Gasteiger partial charge in [0.05, 0.1) is 5.69 Å². The van der Waals surface area contributed by atoms with Gasteiger partial charge in [-0.2, -0.15) is 0 Å². The molecule has 0 bridgehead atoms. The fraction of sp³-hybridized carbons (Fsp3) is 0.250. The van der Waals surface area contributed by atoms with Gasteiger partial charge in [-0.1, -0.05) is 0 Å². The molecule has 1 heterocycles. The highest BCUT2D eigenvalue weighted by Crippen LogP contribution is 2.25. The lowest BCUT2D eigenvalue weighted by molar-refractivity contribution is 0.110.